The highest BCUT2D eigenvalue weighted by Gasteiger charge is 2.23. The Bertz CT molecular complexity index is 230. The van der Waals surface area contributed by atoms with Crippen LogP contribution in [0.3, 0.4) is 0 Å². The number of aryl methyl sites for hydroxylation is 1. The molecule has 0 aliphatic rings. The van der Waals surface area contributed by atoms with Gasteiger partial charge in [-0.15, -0.1) is 33.2 Å². The van der Waals surface area contributed by atoms with Crippen molar-refractivity contribution in [3.05, 3.63) is 35.9 Å². The molecule has 1 aromatic carbocycles. The Morgan fingerprint density at radius 3 is 2.08 bits per heavy atom. The molecule has 0 aliphatic carbocycles. The monoisotopic (exact) mass is 238 g/mol. The molecule has 0 unspecified atom stereocenters. The summed E-state index contributed by atoms with van der Waals surface area (Å²) in [6, 6.07) is 8.34. The van der Waals surface area contributed by atoms with Gasteiger partial charge in [-0.2, -0.15) is 0 Å². The van der Waals surface area contributed by atoms with E-state index in [9.17, 15) is 0 Å². The molecule has 0 heterocycles. The quantitative estimate of drug-likeness (QED) is 0.555. The van der Waals surface area contributed by atoms with Crippen LogP contribution in [0, 0.1) is 0 Å². The van der Waals surface area contributed by atoms with Crippen LogP contribution >= 0.6 is 33.2 Å². The molecule has 0 aliphatic heterocycles. The van der Waals surface area contributed by atoms with Crippen molar-refractivity contribution in [1.29, 1.82) is 0 Å². The molecule has 66 valence electrons. The van der Waals surface area contributed by atoms with Crippen molar-refractivity contribution in [2.45, 2.75) is 12.5 Å². The highest BCUT2D eigenvalue weighted by molar-refractivity contribution is 7.64. The summed E-state index contributed by atoms with van der Waals surface area (Å²) >= 11 is 17.3. The largest absolute Gasteiger partial charge is 0.341 e. The van der Waals surface area contributed by atoms with Crippen LogP contribution in [0.4, 0.5) is 0 Å². The average molecular weight is 240 g/mol. The number of halogens is 3. The summed E-state index contributed by atoms with van der Waals surface area (Å²) in [6.07, 6.45) is 0.865. The molecular formula is C8H9Cl3Si. The Morgan fingerprint density at radius 2 is 1.58 bits per heavy atom. The lowest BCUT2D eigenvalue weighted by Crippen LogP contribution is -2.09. The number of hydrogen-bond donors (Lipinski definition) is 0. The van der Waals surface area contributed by atoms with Gasteiger partial charge in [-0.05, 0) is 18.0 Å². The molecule has 0 aromatic heterocycles. The summed E-state index contributed by atoms with van der Waals surface area (Å²) in [5.74, 6) is 0. The number of rotatable bonds is 3. The minimum atomic E-state index is -2.42. The zero-order chi connectivity index (χ0) is 9.03. The third-order valence-corrected chi connectivity index (χ3v) is 4.06. The van der Waals surface area contributed by atoms with Gasteiger partial charge in [0, 0.05) is 0 Å². The summed E-state index contributed by atoms with van der Waals surface area (Å²) < 4.78 is 0. The predicted molar refractivity (Wildman–Crippen MR) is 58.3 cm³/mol. The van der Waals surface area contributed by atoms with Gasteiger partial charge < -0.3 is 0 Å². The fraction of sp³-hybridized carbons (Fsp3) is 0.250. The van der Waals surface area contributed by atoms with Gasteiger partial charge in [0.25, 0.3) is 0 Å². The highest BCUT2D eigenvalue weighted by Crippen LogP contribution is 2.26. The predicted octanol–water partition coefficient (Wildman–Crippen LogP) is 3.88. The van der Waals surface area contributed by atoms with Crippen LogP contribution in [0.2, 0.25) is 6.04 Å². The Labute approximate surface area is 87.6 Å². The Morgan fingerprint density at radius 1 is 1.00 bits per heavy atom. The maximum absolute atomic E-state index is 5.75. The second-order valence-electron chi connectivity index (χ2n) is 2.60. The molecule has 4 heteroatoms. The molecule has 0 radical (unpaired) electrons. The highest BCUT2D eigenvalue weighted by atomic mass is 35.8. The maximum atomic E-state index is 5.75. The van der Waals surface area contributed by atoms with E-state index in [2.05, 4.69) is 0 Å². The van der Waals surface area contributed by atoms with Crippen molar-refractivity contribution in [3.63, 3.8) is 0 Å². The van der Waals surface area contributed by atoms with Gasteiger partial charge in [-0.25, -0.2) is 0 Å². The van der Waals surface area contributed by atoms with Crippen LogP contribution in [0.5, 0.6) is 0 Å². The molecule has 1 rings (SSSR count). The molecule has 0 spiro atoms. The lowest BCUT2D eigenvalue weighted by molar-refractivity contribution is 1.12. The normalized spacial score (nSPS) is 11.6. The van der Waals surface area contributed by atoms with E-state index in [0.29, 0.717) is 6.04 Å². The van der Waals surface area contributed by atoms with Crippen molar-refractivity contribution in [3.8, 4) is 0 Å². The second-order valence-corrected chi connectivity index (χ2v) is 11.9. The van der Waals surface area contributed by atoms with E-state index in [1.165, 1.54) is 5.56 Å². The van der Waals surface area contributed by atoms with E-state index >= 15 is 0 Å². The molecule has 0 N–H and O–H groups in total. The molecule has 0 atom stereocenters. The smallest absolute Gasteiger partial charge is 0.126 e. The first-order valence-electron chi connectivity index (χ1n) is 3.68. The fourth-order valence-electron chi connectivity index (χ4n) is 0.931. The van der Waals surface area contributed by atoms with Crippen LogP contribution in [-0.4, -0.2) is 6.00 Å². The third kappa shape index (κ3) is 4.36. The van der Waals surface area contributed by atoms with Crippen molar-refractivity contribution in [2.75, 3.05) is 0 Å². The third-order valence-electron chi connectivity index (χ3n) is 1.54. The Kier molecular flexibility index (Phi) is 3.91. The van der Waals surface area contributed by atoms with Gasteiger partial charge in [0.15, 0.2) is 0 Å². The molecule has 0 saturated heterocycles. The van der Waals surface area contributed by atoms with E-state index in [1.807, 2.05) is 30.3 Å². The van der Waals surface area contributed by atoms with E-state index in [1.54, 1.807) is 0 Å². The van der Waals surface area contributed by atoms with Gasteiger partial charge in [-0.1, -0.05) is 30.3 Å². The first-order chi connectivity index (χ1) is 5.58. The Hall–Kier alpha value is 0.307. The van der Waals surface area contributed by atoms with Gasteiger partial charge in [-0.3, -0.25) is 0 Å². The first kappa shape index (κ1) is 10.4. The van der Waals surface area contributed by atoms with Crippen molar-refractivity contribution in [1.82, 2.24) is 0 Å². The van der Waals surface area contributed by atoms with E-state index in [-0.39, 0.29) is 0 Å². The minimum Gasteiger partial charge on any atom is -0.126 e. The van der Waals surface area contributed by atoms with Gasteiger partial charge >= 0.3 is 6.00 Å². The molecule has 12 heavy (non-hydrogen) atoms. The van der Waals surface area contributed by atoms with Crippen LogP contribution < -0.4 is 0 Å². The number of benzene rings is 1. The lowest BCUT2D eigenvalue weighted by atomic mass is 10.2. The van der Waals surface area contributed by atoms with Crippen molar-refractivity contribution < 1.29 is 0 Å². The molecule has 0 amide bonds. The average Bonchev–Trinajstić information content (AvgIpc) is 2.02. The van der Waals surface area contributed by atoms with Crippen molar-refractivity contribution >= 4 is 39.2 Å². The van der Waals surface area contributed by atoms with Crippen LogP contribution in [0.25, 0.3) is 0 Å². The van der Waals surface area contributed by atoms with E-state index in [0.717, 1.165) is 6.42 Å². The van der Waals surface area contributed by atoms with E-state index in [4.69, 9.17) is 33.2 Å². The molecular weight excluding hydrogens is 231 g/mol. The molecule has 0 saturated carbocycles. The first-order valence-corrected chi connectivity index (χ1v) is 8.93. The summed E-state index contributed by atoms with van der Waals surface area (Å²) in [5.41, 5.74) is 1.23. The van der Waals surface area contributed by atoms with Crippen LogP contribution in [-0.2, 0) is 6.42 Å². The molecule has 1 aromatic rings. The summed E-state index contributed by atoms with van der Waals surface area (Å²) in [4.78, 5) is 0. The summed E-state index contributed by atoms with van der Waals surface area (Å²) in [6.45, 7) is 0. The minimum absolute atomic E-state index is 0.696. The second kappa shape index (κ2) is 4.52. The Balaban J connectivity index is 2.44. The van der Waals surface area contributed by atoms with Gasteiger partial charge in [0.2, 0.25) is 0 Å². The lowest BCUT2D eigenvalue weighted by Gasteiger charge is -2.06. The zero-order valence-corrected chi connectivity index (χ0v) is 9.70. The number of hydrogen-bond acceptors (Lipinski definition) is 0. The molecule has 0 fully saturated rings. The molecule has 0 nitrogen and oxygen atoms in total. The zero-order valence-electron chi connectivity index (χ0n) is 6.43. The SMILES string of the molecule is Cl[Si](Cl)(Cl)CCc1ccccc1. The van der Waals surface area contributed by atoms with E-state index < -0.39 is 6.00 Å². The molecule has 0 bridgehead atoms. The fourth-order valence-corrected chi connectivity index (χ4v) is 2.35. The van der Waals surface area contributed by atoms with Crippen LogP contribution in [0.1, 0.15) is 5.56 Å². The maximum Gasteiger partial charge on any atom is 0.341 e. The standard InChI is InChI=1S/C8H9Cl3Si/c9-12(10,11)7-6-8-4-2-1-3-5-8/h1-5H,6-7H2. The van der Waals surface area contributed by atoms with Crippen LogP contribution in [0.15, 0.2) is 30.3 Å². The van der Waals surface area contributed by atoms with Gasteiger partial charge in [0.1, 0.15) is 0 Å². The van der Waals surface area contributed by atoms with Gasteiger partial charge in [0.05, 0.1) is 0 Å². The summed E-state index contributed by atoms with van der Waals surface area (Å²) in [7, 11) is 0. The van der Waals surface area contributed by atoms with Crippen molar-refractivity contribution in [2.24, 2.45) is 0 Å². The summed E-state index contributed by atoms with van der Waals surface area (Å²) in [5, 5.41) is 0. The topological polar surface area (TPSA) is 0 Å².